The standard InChI is InChI=1S/C33H33N3O6/c1-35(29-17-8-9-20-34-29)32(39)26-14-6-4-12-24(26)25-13-5-7-15-27(25)33(40)36(22-19-30(37)38)21-18-23-11-10-16-28(41-2)31(23)42-3/h4-17,20H,18-19,21-22H2,1-3H3,(H,37,38). The number of aromatic nitrogens is 1. The molecule has 0 aliphatic heterocycles. The summed E-state index contributed by atoms with van der Waals surface area (Å²) in [6.45, 7) is 0.255. The third kappa shape index (κ3) is 6.75. The van der Waals surface area contributed by atoms with Gasteiger partial charge in [0.25, 0.3) is 11.8 Å². The number of carbonyl (C=O) groups excluding carboxylic acids is 2. The second kappa shape index (κ2) is 13.9. The maximum absolute atomic E-state index is 14.1. The highest BCUT2D eigenvalue weighted by Gasteiger charge is 2.24. The molecule has 0 fully saturated rings. The van der Waals surface area contributed by atoms with Crippen molar-refractivity contribution in [2.24, 2.45) is 0 Å². The van der Waals surface area contributed by atoms with Gasteiger partial charge >= 0.3 is 5.97 Å². The van der Waals surface area contributed by atoms with Gasteiger partial charge in [-0.15, -0.1) is 0 Å². The number of para-hydroxylation sites is 1. The molecule has 4 rings (SSSR count). The summed E-state index contributed by atoms with van der Waals surface area (Å²) in [6.07, 6.45) is 1.82. The number of pyridine rings is 1. The third-order valence-corrected chi connectivity index (χ3v) is 6.92. The summed E-state index contributed by atoms with van der Waals surface area (Å²) in [5, 5.41) is 9.40. The number of carbonyl (C=O) groups is 3. The van der Waals surface area contributed by atoms with E-state index in [0.29, 0.717) is 46.0 Å². The minimum absolute atomic E-state index is 0.0117. The fraction of sp³-hybridized carbons (Fsp3) is 0.212. The monoisotopic (exact) mass is 567 g/mol. The van der Waals surface area contributed by atoms with E-state index in [2.05, 4.69) is 4.98 Å². The Hall–Kier alpha value is -5.18. The maximum atomic E-state index is 14.1. The molecule has 0 aliphatic carbocycles. The van der Waals surface area contributed by atoms with E-state index in [4.69, 9.17) is 9.47 Å². The van der Waals surface area contributed by atoms with Crippen molar-refractivity contribution in [1.29, 1.82) is 0 Å². The molecule has 1 N–H and O–H groups in total. The molecule has 0 aliphatic rings. The number of nitrogens with zero attached hydrogens (tertiary/aromatic N) is 3. The normalized spacial score (nSPS) is 10.5. The number of aliphatic carboxylic acids is 1. The lowest BCUT2D eigenvalue weighted by molar-refractivity contribution is -0.137. The highest BCUT2D eigenvalue weighted by Crippen LogP contribution is 2.32. The molecule has 2 amide bonds. The Morgan fingerprint density at radius 1 is 0.762 bits per heavy atom. The van der Waals surface area contributed by atoms with Crippen molar-refractivity contribution in [2.45, 2.75) is 12.8 Å². The van der Waals surface area contributed by atoms with Gasteiger partial charge < -0.3 is 19.5 Å². The molecule has 1 aromatic heterocycles. The average Bonchev–Trinajstić information content (AvgIpc) is 3.03. The summed E-state index contributed by atoms with van der Waals surface area (Å²) in [7, 11) is 4.76. The van der Waals surface area contributed by atoms with Crippen molar-refractivity contribution in [3.05, 3.63) is 108 Å². The van der Waals surface area contributed by atoms with Gasteiger partial charge in [-0.05, 0) is 53.4 Å². The van der Waals surface area contributed by atoms with Gasteiger partial charge in [-0.3, -0.25) is 19.3 Å². The first-order valence-corrected chi connectivity index (χ1v) is 13.4. The zero-order valence-electron chi connectivity index (χ0n) is 23.8. The van der Waals surface area contributed by atoms with Gasteiger partial charge in [-0.1, -0.05) is 54.6 Å². The van der Waals surface area contributed by atoms with Crippen LogP contribution in [0.25, 0.3) is 11.1 Å². The Morgan fingerprint density at radius 2 is 1.40 bits per heavy atom. The number of carboxylic acid groups (broad SMARTS) is 1. The van der Waals surface area contributed by atoms with Gasteiger partial charge in [0.05, 0.1) is 20.6 Å². The summed E-state index contributed by atoms with van der Waals surface area (Å²) in [5.41, 5.74) is 2.75. The second-order valence-electron chi connectivity index (χ2n) is 9.48. The second-order valence-corrected chi connectivity index (χ2v) is 9.48. The molecule has 0 bridgehead atoms. The average molecular weight is 568 g/mol. The van der Waals surface area contributed by atoms with E-state index in [1.54, 1.807) is 94.2 Å². The van der Waals surface area contributed by atoms with E-state index in [9.17, 15) is 19.5 Å². The molecule has 9 heteroatoms. The minimum Gasteiger partial charge on any atom is -0.493 e. The van der Waals surface area contributed by atoms with Crippen LogP contribution in [-0.4, -0.2) is 67.1 Å². The molecule has 3 aromatic carbocycles. The minimum atomic E-state index is -1.01. The number of rotatable bonds is 12. The lowest BCUT2D eigenvalue weighted by Gasteiger charge is -2.25. The molecule has 1 heterocycles. The largest absolute Gasteiger partial charge is 0.493 e. The zero-order chi connectivity index (χ0) is 30.1. The first-order valence-electron chi connectivity index (χ1n) is 13.4. The number of hydrogen-bond acceptors (Lipinski definition) is 6. The molecule has 0 saturated carbocycles. The fourth-order valence-electron chi connectivity index (χ4n) is 4.77. The first-order chi connectivity index (χ1) is 20.3. The van der Waals surface area contributed by atoms with Crippen LogP contribution in [0.4, 0.5) is 5.82 Å². The smallest absolute Gasteiger partial charge is 0.305 e. The predicted molar refractivity (Wildman–Crippen MR) is 160 cm³/mol. The number of carboxylic acids is 1. The topological polar surface area (TPSA) is 109 Å². The SMILES string of the molecule is COc1cccc(CCN(CCC(=O)O)C(=O)c2ccccc2-c2ccccc2C(=O)N(C)c2ccccn2)c1OC. The van der Waals surface area contributed by atoms with E-state index >= 15 is 0 Å². The van der Waals surface area contributed by atoms with Crippen molar-refractivity contribution in [3.63, 3.8) is 0 Å². The van der Waals surface area contributed by atoms with E-state index in [0.717, 1.165) is 5.56 Å². The molecule has 0 spiro atoms. The Balaban J connectivity index is 1.68. The van der Waals surface area contributed by atoms with E-state index in [-0.39, 0.29) is 31.3 Å². The van der Waals surface area contributed by atoms with Gasteiger partial charge in [-0.2, -0.15) is 0 Å². The highest BCUT2D eigenvalue weighted by molar-refractivity contribution is 6.11. The van der Waals surface area contributed by atoms with Gasteiger partial charge in [-0.25, -0.2) is 4.98 Å². The van der Waals surface area contributed by atoms with Crippen molar-refractivity contribution >= 4 is 23.6 Å². The lowest BCUT2D eigenvalue weighted by atomic mass is 9.94. The van der Waals surface area contributed by atoms with Crippen LogP contribution in [0.15, 0.2) is 91.1 Å². The van der Waals surface area contributed by atoms with Crippen LogP contribution < -0.4 is 14.4 Å². The zero-order valence-corrected chi connectivity index (χ0v) is 23.8. The number of anilines is 1. The number of amides is 2. The quantitative estimate of drug-likeness (QED) is 0.251. The molecular weight excluding hydrogens is 534 g/mol. The van der Waals surface area contributed by atoms with Crippen LogP contribution in [0.2, 0.25) is 0 Å². The van der Waals surface area contributed by atoms with E-state index in [1.165, 1.54) is 9.80 Å². The third-order valence-electron chi connectivity index (χ3n) is 6.92. The number of hydrogen-bond donors (Lipinski definition) is 1. The van der Waals surface area contributed by atoms with Crippen LogP contribution in [0.1, 0.15) is 32.7 Å². The van der Waals surface area contributed by atoms with Crippen LogP contribution in [0.5, 0.6) is 11.5 Å². The molecular formula is C33H33N3O6. The molecule has 0 unspecified atom stereocenters. The Morgan fingerprint density at radius 3 is 2.00 bits per heavy atom. The Kier molecular flexibility index (Phi) is 9.89. The van der Waals surface area contributed by atoms with E-state index < -0.39 is 5.97 Å². The van der Waals surface area contributed by atoms with Crippen molar-refractivity contribution in [3.8, 4) is 22.6 Å². The van der Waals surface area contributed by atoms with Crippen LogP contribution >= 0.6 is 0 Å². The molecule has 42 heavy (non-hydrogen) atoms. The van der Waals surface area contributed by atoms with E-state index in [1.807, 2.05) is 18.2 Å². The molecule has 9 nitrogen and oxygen atoms in total. The highest BCUT2D eigenvalue weighted by atomic mass is 16.5. The van der Waals surface area contributed by atoms with Gasteiger partial charge in [0, 0.05) is 37.5 Å². The first kappa shape index (κ1) is 29.8. The van der Waals surface area contributed by atoms with Crippen LogP contribution in [0.3, 0.4) is 0 Å². The van der Waals surface area contributed by atoms with Crippen molar-refractivity contribution in [1.82, 2.24) is 9.88 Å². The molecule has 0 atom stereocenters. The summed E-state index contributed by atoms with van der Waals surface area (Å²) in [4.78, 5) is 46.4. The summed E-state index contributed by atoms with van der Waals surface area (Å²) in [5.74, 6) is 0.00711. The van der Waals surface area contributed by atoms with Crippen molar-refractivity contribution < 1.29 is 29.0 Å². The maximum Gasteiger partial charge on any atom is 0.305 e. The molecule has 216 valence electrons. The number of methoxy groups -OCH3 is 2. The molecule has 4 aromatic rings. The summed E-state index contributed by atoms with van der Waals surface area (Å²) < 4.78 is 10.9. The predicted octanol–water partition coefficient (Wildman–Crippen LogP) is 5.20. The molecule has 0 saturated heterocycles. The number of ether oxygens (including phenoxy) is 2. The number of benzene rings is 3. The van der Waals surface area contributed by atoms with Crippen molar-refractivity contribution in [2.75, 3.05) is 39.3 Å². The fourth-order valence-corrected chi connectivity index (χ4v) is 4.77. The summed E-state index contributed by atoms with van der Waals surface area (Å²) >= 11 is 0. The Bertz CT molecular complexity index is 1560. The van der Waals surface area contributed by atoms with Crippen LogP contribution in [-0.2, 0) is 11.2 Å². The van der Waals surface area contributed by atoms with Gasteiger partial charge in [0.1, 0.15) is 5.82 Å². The molecule has 0 radical (unpaired) electrons. The van der Waals surface area contributed by atoms with Crippen LogP contribution in [0, 0.1) is 0 Å². The summed E-state index contributed by atoms with van der Waals surface area (Å²) in [6, 6.07) is 25.0. The Labute approximate surface area is 244 Å². The van der Waals surface area contributed by atoms with Gasteiger partial charge in [0.2, 0.25) is 0 Å². The van der Waals surface area contributed by atoms with Gasteiger partial charge in [0.15, 0.2) is 11.5 Å². The lowest BCUT2D eigenvalue weighted by Crippen LogP contribution is -2.35.